The zero-order valence-corrected chi connectivity index (χ0v) is 9.29. The number of carbonyl (C=O) groups excluding carboxylic acids is 1. The van der Waals surface area contributed by atoms with Crippen molar-refractivity contribution in [1.29, 1.82) is 0 Å². The van der Waals surface area contributed by atoms with Gasteiger partial charge in [-0.15, -0.1) is 0 Å². The smallest absolute Gasteiger partial charge is 0.229 e. The van der Waals surface area contributed by atoms with Crippen molar-refractivity contribution in [3.63, 3.8) is 0 Å². The summed E-state index contributed by atoms with van der Waals surface area (Å²) in [6.45, 7) is 4.19. The normalized spacial score (nSPS) is 12.9. The maximum atomic E-state index is 11.2. The van der Waals surface area contributed by atoms with E-state index in [4.69, 9.17) is 11.6 Å². The average molecular weight is 211 g/mol. The predicted octanol–water partition coefficient (Wildman–Crippen LogP) is 3.58. The lowest BCUT2D eigenvalue weighted by atomic mass is 9.91. The number of rotatable bonds is 4. The monoisotopic (exact) mass is 210 g/mol. The van der Waals surface area contributed by atoms with Crippen LogP contribution in [0.25, 0.3) is 0 Å². The molecule has 0 N–H and O–H groups in total. The highest BCUT2D eigenvalue weighted by Crippen LogP contribution is 2.25. The fraction of sp³-hybridized carbons (Fsp3) is 0.417. The summed E-state index contributed by atoms with van der Waals surface area (Å²) in [5.74, 6) is 0.320. The minimum absolute atomic E-state index is 0.155. The van der Waals surface area contributed by atoms with Crippen molar-refractivity contribution in [2.75, 3.05) is 0 Å². The molecule has 0 aromatic heterocycles. The van der Waals surface area contributed by atoms with Crippen LogP contribution in [-0.2, 0) is 4.79 Å². The summed E-state index contributed by atoms with van der Waals surface area (Å²) in [5.41, 5.74) is 1.02. The lowest BCUT2D eigenvalue weighted by molar-refractivity contribution is -0.113. The van der Waals surface area contributed by atoms with E-state index in [0.717, 1.165) is 12.0 Å². The third-order valence-corrected chi connectivity index (χ3v) is 2.45. The molecule has 0 saturated heterocycles. The largest absolute Gasteiger partial charge is 0.281 e. The standard InChI is InChI=1S/C12H15ClO/c1-9(2)8-11(12(13)14)10-6-4-3-5-7-10/h3-7,9,11H,8H2,1-2H3. The van der Waals surface area contributed by atoms with E-state index in [1.165, 1.54) is 0 Å². The molecule has 0 amide bonds. The van der Waals surface area contributed by atoms with Gasteiger partial charge >= 0.3 is 0 Å². The quantitative estimate of drug-likeness (QED) is 0.695. The summed E-state index contributed by atoms with van der Waals surface area (Å²) in [6, 6.07) is 9.71. The van der Waals surface area contributed by atoms with Gasteiger partial charge in [0.2, 0.25) is 5.24 Å². The van der Waals surface area contributed by atoms with Gasteiger partial charge in [0.05, 0.1) is 5.92 Å². The molecule has 1 aromatic carbocycles. The highest BCUT2D eigenvalue weighted by Gasteiger charge is 2.19. The molecule has 0 heterocycles. The van der Waals surface area contributed by atoms with E-state index in [9.17, 15) is 4.79 Å². The van der Waals surface area contributed by atoms with E-state index < -0.39 is 0 Å². The SMILES string of the molecule is CC(C)CC(C(=O)Cl)c1ccccc1. The summed E-state index contributed by atoms with van der Waals surface area (Å²) in [7, 11) is 0. The number of benzene rings is 1. The molecule has 1 aromatic rings. The summed E-state index contributed by atoms with van der Waals surface area (Å²) in [6.07, 6.45) is 0.812. The van der Waals surface area contributed by atoms with E-state index in [-0.39, 0.29) is 11.2 Å². The highest BCUT2D eigenvalue weighted by atomic mass is 35.5. The molecule has 0 aliphatic carbocycles. The first kappa shape index (κ1) is 11.3. The first-order valence-electron chi connectivity index (χ1n) is 4.85. The maximum Gasteiger partial charge on any atom is 0.229 e. The minimum Gasteiger partial charge on any atom is -0.281 e. The molecule has 0 bridgehead atoms. The minimum atomic E-state index is -0.259. The van der Waals surface area contributed by atoms with Crippen molar-refractivity contribution in [3.8, 4) is 0 Å². The van der Waals surface area contributed by atoms with Gasteiger partial charge in [-0.1, -0.05) is 44.2 Å². The van der Waals surface area contributed by atoms with Gasteiger partial charge < -0.3 is 0 Å². The van der Waals surface area contributed by atoms with Gasteiger partial charge in [0.25, 0.3) is 0 Å². The van der Waals surface area contributed by atoms with Crippen molar-refractivity contribution in [3.05, 3.63) is 35.9 Å². The van der Waals surface area contributed by atoms with Gasteiger partial charge in [0, 0.05) is 0 Å². The van der Waals surface area contributed by atoms with Crippen molar-refractivity contribution in [2.45, 2.75) is 26.2 Å². The Hall–Kier alpha value is -0.820. The molecule has 2 heteroatoms. The Morgan fingerprint density at radius 1 is 1.29 bits per heavy atom. The molecule has 1 rings (SSSR count). The van der Waals surface area contributed by atoms with Crippen LogP contribution in [0.1, 0.15) is 31.7 Å². The first-order chi connectivity index (χ1) is 6.61. The molecule has 0 aliphatic rings. The Kier molecular flexibility index (Phi) is 4.15. The molecule has 0 fully saturated rings. The molecule has 1 nitrogen and oxygen atoms in total. The summed E-state index contributed by atoms with van der Waals surface area (Å²) < 4.78 is 0. The second kappa shape index (κ2) is 5.16. The van der Waals surface area contributed by atoms with E-state index in [2.05, 4.69) is 13.8 Å². The van der Waals surface area contributed by atoms with Crippen LogP contribution < -0.4 is 0 Å². The van der Waals surface area contributed by atoms with Crippen LogP contribution in [0.3, 0.4) is 0 Å². The van der Waals surface area contributed by atoms with E-state index >= 15 is 0 Å². The molecule has 1 atom stereocenters. The molecule has 76 valence electrons. The molecule has 1 unspecified atom stereocenters. The second-order valence-corrected chi connectivity index (χ2v) is 4.27. The maximum absolute atomic E-state index is 11.2. The lowest BCUT2D eigenvalue weighted by Crippen LogP contribution is -2.09. The summed E-state index contributed by atoms with van der Waals surface area (Å²) in [5, 5.41) is -0.259. The zero-order chi connectivity index (χ0) is 10.6. The molecule has 0 saturated carbocycles. The number of hydrogen-bond donors (Lipinski definition) is 0. The molecule has 0 spiro atoms. The third-order valence-electron chi connectivity index (χ3n) is 2.18. The van der Waals surface area contributed by atoms with E-state index in [0.29, 0.717) is 5.92 Å². The fourth-order valence-electron chi connectivity index (χ4n) is 1.52. The van der Waals surface area contributed by atoms with Crippen LogP contribution in [0.2, 0.25) is 0 Å². The predicted molar refractivity (Wildman–Crippen MR) is 59.5 cm³/mol. The Balaban J connectivity index is 2.84. The molecule has 14 heavy (non-hydrogen) atoms. The van der Waals surface area contributed by atoms with Crippen LogP contribution >= 0.6 is 11.6 Å². The number of halogens is 1. The van der Waals surface area contributed by atoms with Crippen molar-refractivity contribution < 1.29 is 4.79 Å². The van der Waals surface area contributed by atoms with Crippen molar-refractivity contribution >= 4 is 16.8 Å². The van der Waals surface area contributed by atoms with Gasteiger partial charge in [-0.05, 0) is 29.5 Å². The summed E-state index contributed by atoms with van der Waals surface area (Å²) in [4.78, 5) is 11.2. The first-order valence-corrected chi connectivity index (χ1v) is 5.23. The van der Waals surface area contributed by atoms with E-state index in [1.807, 2.05) is 30.3 Å². The van der Waals surface area contributed by atoms with Crippen LogP contribution in [0.15, 0.2) is 30.3 Å². The van der Waals surface area contributed by atoms with E-state index in [1.54, 1.807) is 0 Å². The Labute approximate surface area is 90.1 Å². The lowest BCUT2D eigenvalue weighted by Gasteiger charge is -2.14. The fourth-order valence-corrected chi connectivity index (χ4v) is 1.73. The van der Waals surface area contributed by atoms with Crippen LogP contribution in [-0.4, -0.2) is 5.24 Å². The average Bonchev–Trinajstić information content (AvgIpc) is 2.15. The molecule has 0 radical (unpaired) electrons. The molecular weight excluding hydrogens is 196 g/mol. The number of hydrogen-bond acceptors (Lipinski definition) is 1. The summed E-state index contributed by atoms with van der Waals surface area (Å²) >= 11 is 5.58. The van der Waals surface area contributed by atoms with Crippen molar-refractivity contribution in [1.82, 2.24) is 0 Å². The zero-order valence-electron chi connectivity index (χ0n) is 8.53. The van der Waals surface area contributed by atoms with Crippen LogP contribution in [0, 0.1) is 5.92 Å². The number of carbonyl (C=O) groups is 1. The Morgan fingerprint density at radius 2 is 1.86 bits per heavy atom. The van der Waals surface area contributed by atoms with Gasteiger partial charge in [0.1, 0.15) is 0 Å². The Bertz CT molecular complexity index is 292. The topological polar surface area (TPSA) is 17.1 Å². The van der Waals surface area contributed by atoms with Gasteiger partial charge in [-0.25, -0.2) is 0 Å². The van der Waals surface area contributed by atoms with Gasteiger partial charge in [-0.3, -0.25) is 4.79 Å². The van der Waals surface area contributed by atoms with Crippen LogP contribution in [0.4, 0.5) is 0 Å². The van der Waals surface area contributed by atoms with Gasteiger partial charge in [0.15, 0.2) is 0 Å². The van der Waals surface area contributed by atoms with Gasteiger partial charge in [-0.2, -0.15) is 0 Å². The third kappa shape index (κ3) is 3.15. The van der Waals surface area contributed by atoms with Crippen LogP contribution in [0.5, 0.6) is 0 Å². The van der Waals surface area contributed by atoms with Crippen molar-refractivity contribution in [2.24, 2.45) is 5.92 Å². The Morgan fingerprint density at radius 3 is 2.29 bits per heavy atom. The second-order valence-electron chi connectivity index (χ2n) is 3.90. The highest BCUT2D eigenvalue weighted by molar-refractivity contribution is 6.64. The molecule has 0 aliphatic heterocycles. The molecular formula is C12H15ClO.